The average Bonchev–Trinajstić information content (AvgIpc) is 3.09. The van der Waals surface area contributed by atoms with Crippen molar-refractivity contribution in [1.82, 2.24) is 14.8 Å². The summed E-state index contributed by atoms with van der Waals surface area (Å²) >= 11 is 0. The van der Waals surface area contributed by atoms with Gasteiger partial charge in [-0.1, -0.05) is 24.3 Å². The van der Waals surface area contributed by atoms with Crippen LogP contribution in [0.25, 0.3) is 0 Å². The molecule has 1 N–H and O–H groups in total. The van der Waals surface area contributed by atoms with E-state index in [4.69, 9.17) is 0 Å². The molecule has 1 aromatic carbocycles. The molecule has 3 rings (SSSR count). The number of pyridine rings is 1. The van der Waals surface area contributed by atoms with E-state index in [-0.39, 0.29) is 11.5 Å². The van der Waals surface area contributed by atoms with Crippen LogP contribution in [0.1, 0.15) is 34.3 Å². The van der Waals surface area contributed by atoms with Gasteiger partial charge in [0.15, 0.2) is 0 Å². The maximum atomic E-state index is 12.1. The Labute approximate surface area is 141 Å². The van der Waals surface area contributed by atoms with E-state index in [2.05, 4.69) is 34.5 Å². The predicted octanol–water partition coefficient (Wildman–Crippen LogP) is 1.91. The first-order valence-corrected chi connectivity index (χ1v) is 8.37. The number of carbonyl (C=O) groups is 1. The van der Waals surface area contributed by atoms with Crippen molar-refractivity contribution >= 4 is 5.91 Å². The maximum Gasteiger partial charge on any atom is 0.251 e. The molecule has 0 unspecified atom stereocenters. The molecule has 0 bridgehead atoms. The van der Waals surface area contributed by atoms with E-state index in [1.54, 1.807) is 19.3 Å². The van der Waals surface area contributed by atoms with Crippen molar-refractivity contribution in [3.8, 4) is 0 Å². The quantitative estimate of drug-likeness (QED) is 0.914. The minimum Gasteiger partial charge on any atom is -0.348 e. The lowest BCUT2D eigenvalue weighted by atomic mass is 10.1. The molecule has 0 saturated carbocycles. The van der Waals surface area contributed by atoms with Gasteiger partial charge in [0.2, 0.25) is 0 Å². The molecule has 5 nitrogen and oxygen atoms in total. The molecule has 0 spiro atoms. The summed E-state index contributed by atoms with van der Waals surface area (Å²) in [6.45, 7) is 3.83. The Morgan fingerprint density at radius 1 is 1.08 bits per heavy atom. The van der Waals surface area contributed by atoms with Crippen LogP contribution in [-0.4, -0.2) is 28.5 Å². The van der Waals surface area contributed by atoms with Gasteiger partial charge in [0.05, 0.1) is 0 Å². The highest BCUT2D eigenvalue weighted by Crippen LogP contribution is 2.13. The highest BCUT2D eigenvalue weighted by Gasteiger charge is 2.11. The third-order valence-electron chi connectivity index (χ3n) is 4.45. The fraction of sp³-hybridized carbons (Fsp3) is 0.368. The van der Waals surface area contributed by atoms with E-state index in [1.807, 2.05) is 0 Å². The molecule has 0 radical (unpaired) electrons. The van der Waals surface area contributed by atoms with Crippen LogP contribution < -0.4 is 10.9 Å². The number of carbonyl (C=O) groups excluding carboxylic acids is 1. The second-order valence-electron chi connectivity index (χ2n) is 6.35. The predicted molar refractivity (Wildman–Crippen MR) is 93.8 cm³/mol. The molecule has 24 heavy (non-hydrogen) atoms. The summed E-state index contributed by atoms with van der Waals surface area (Å²) in [5.41, 5.74) is 2.56. The van der Waals surface area contributed by atoms with Crippen LogP contribution in [0.5, 0.6) is 0 Å². The second kappa shape index (κ2) is 7.45. The van der Waals surface area contributed by atoms with Crippen molar-refractivity contribution < 1.29 is 4.79 Å². The first-order valence-electron chi connectivity index (χ1n) is 8.37. The smallest absolute Gasteiger partial charge is 0.251 e. The Kier molecular flexibility index (Phi) is 5.11. The van der Waals surface area contributed by atoms with Gasteiger partial charge in [-0.15, -0.1) is 0 Å². The van der Waals surface area contributed by atoms with Crippen LogP contribution in [0.15, 0.2) is 47.4 Å². The number of nitrogens with one attached hydrogen (secondary N) is 1. The number of likely N-dealkylation sites (tertiary alicyclic amines) is 1. The molecule has 1 saturated heterocycles. The summed E-state index contributed by atoms with van der Waals surface area (Å²) in [6.07, 6.45) is 4.20. The van der Waals surface area contributed by atoms with Crippen LogP contribution in [0.2, 0.25) is 0 Å². The van der Waals surface area contributed by atoms with Crippen LogP contribution in [0.4, 0.5) is 0 Å². The zero-order valence-corrected chi connectivity index (χ0v) is 14.0. The molecule has 1 amide bonds. The SMILES string of the molecule is Cn1ccc(C(=O)NCc2ccc(CN3CCCC3)cc2)cc1=O. The van der Waals surface area contributed by atoms with Crippen LogP contribution >= 0.6 is 0 Å². The molecule has 1 fully saturated rings. The number of amides is 1. The Morgan fingerprint density at radius 2 is 1.75 bits per heavy atom. The maximum absolute atomic E-state index is 12.1. The van der Waals surface area contributed by atoms with E-state index < -0.39 is 0 Å². The first-order chi connectivity index (χ1) is 11.6. The van der Waals surface area contributed by atoms with Gasteiger partial charge in [0, 0.05) is 38.0 Å². The molecular formula is C19H23N3O2. The van der Waals surface area contributed by atoms with Gasteiger partial charge >= 0.3 is 0 Å². The third kappa shape index (κ3) is 4.11. The summed E-state index contributed by atoms with van der Waals surface area (Å²) in [7, 11) is 1.66. The molecule has 0 aliphatic carbocycles. The normalized spacial score (nSPS) is 14.7. The fourth-order valence-corrected chi connectivity index (χ4v) is 2.94. The molecule has 1 aliphatic rings. The molecule has 2 heterocycles. The van der Waals surface area contributed by atoms with Crippen molar-refractivity contribution in [3.05, 3.63) is 69.6 Å². The number of aromatic nitrogens is 1. The summed E-state index contributed by atoms with van der Waals surface area (Å²) in [5, 5.41) is 2.86. The van der Waals surface area contributed by atoms with Crippen molar-refractivity contribution in [2.75, 3.05) is 13.1 Å². The lowest BCUT2D eigenvalue weighted by molar-refractivity contribution is 0.0950. The van der Waals surface area contributed by atoms with E-state index in [0.717, 1.165) is 12.1 Å². The van der Waals surface area contributed by atoms with Crippen LogP contribution in [-0.2, 0) is 20.1 Å². The van der Waals surface area contributed by atoms with Gasteiger partial charge in [0.25, 0.3) is 11.5 Å². The summed E-state index contributed by atoms with van der Waals surface area (Å²) in [6, 6.07) is 11.4. The zero-order valence-electron chi connectivity index (χ0n) is 14.0. The van der Waals surface area contributed by atoms with Gasteiger partial charge < -0.3 is 9.88 Å². The second-order valence-corrected chi connectivity index (χ2v) is 6.35. The number of benzene rings is 1. The molecule has 0 atom stereocenters. The van der Waals surface area contributed by atoms with Gasteiger partial charge in [-0.2, -0.15) is 0 Å². The zero-order chi connectivity index (χ0) is 16.9. The van der Waals surface area contributed by atoms with E-state index >= 15 is 0 Å². The monoisotopic (exact) mass is 325 g/mol. The van der Waals surface area contributed by atoms with Crippen molar-refractivity contribution in [2.45, 2.75) is 25.9 Å². The van der Waals surface area contributed by atoms with Gasteiger partial charge in [-0.05, 0) is 43.1 Å². The standard InChI is InChI=1S/C19H23N3O2/c1-21-11-8-17(12-18(21)23)19(24)20-13-15-4-6-16(7-5-15)14-22-9-2-3-10-22/h4-8,11-12H,2-3,9-10,13-14H2,1H3,(H,20,24). The summed E-state index contributed by atoms with van der Waals surface area (Å²) < 4.78 is 1.44. The van der Waals surface area contributed by atoms with Gasteiger partial charge in [-0.3, -0.25) is 14.5 Å². The van der Waals surface area contributed by atoms with E-state index in [1.165, 1.54) is 42.1 Å². The van der Waals surface area contributed by atoms with Crippen LogP contribution in [0.3, 0.4) is 0 Å². The van der Waals surface area contributed by atoms with Gasteiger partial charge in [-0.25, -0.2) is 0 Å². The molecule has 1 aromatic heterocycles. The lowest BCUT2D eigenvalue weighted by Crippen LogP contribution is -2.25. The Hall–Kier alpha value is -2.40. The number of hydrogen-bond donors (Lipinski definition) is 1. The van der Waals surface area contributed by atoms with E-state index in [0.29, 0.717) is 12.1 Å². The number of aryl methyl sites for hydroxylation is 1. The molecule has 126 valence electrons. The van der Waals surface area contributed by atoms with Crippen molar-refractivity contribution in [2.24, 2.45) is 7.05 Å². The minimum absolute atomic E-state index is 0.186. The Morgan fingerprint density at radius 3 is 2.42 bits per heavy atom. The topological polar surface area (TPSA) is 54.3 Å². The number of nitrogens with zero attached hydrogens (tertiary/aromatic N) is 2. The average molecular weight is 325 g/mol. The third-order valence-corrected chi connectivity index (χ3v) is 4.45. The van der Waals surface area contributed by atoms with Crippen LogP contribution in [0, 0.1) is 0 Å². The Balaban J connectivity index is 1.54. The molecule has 5 heteroatoms. The summed E-state index contributed by atoms with van der Waals surface area (Å²) in [4.78, 5) is 26.2. The van der Waals surface area contributed by atoms with Crippen molar-refractivity contribution in [3.63, 3.8) is 0 Å². The number of rotatable bonds is 5. The fourth-order valence-electron chi connectivity index (χ4n) is 2.94. The molecule has 1 aliphatic heterocycles. The first kappa shape index (κ1) is 16.5. The number of hydrogen-bond acceptors (Lipinski definition) is 3. The van der Waals surface area contributed by atoms with Crippen molar-refractivity contribution in [1.29, 1.82) is 0 Å². The summed E-state index contributed by atoms with van der Waals surface area (Å²) in [5.74, 6) is -0.228. The molecule has 2 aromatic rings. The van der Waals surface area contributed by atoms with Gasteiger partial charge in [0.1, 0.15) is 0 Å². The largest absolute Gasteiger partial charge is 0.348 e. The lowest BCUT2D eigenvalue weighted by Gasteiger charge is -2.14. The van der Waals surface area contributed by atoms with E-state index in [9.17, 15) is 9.59 Å². The highest BCUT2D eigenvalue weighted by atomic mass is 16.2. The highest BCUT2D eigenvalue weighted by molar-refractivity contribution is 5.93. The minimum atomic E-state index is -0.228. The Bertz CT molecular complexity index is 759. The molecular weight excluding hydrogens is 302 g/mol.